The third-order valence-electron chi connectivity index (χ3n) is 3.94. The maximum Gasteiger partial charge on any atom is 0.274 e. The van der Waals surface area contributed by atoms with Crippen molar-refractivity contribution in [1.82, 2.24) is 14.5 Å². The van der Waals surface area contributed by atoms with Gasteiger partial charge < -0.3 is 14.8 Å². The third kappa shape index (κ3) is 4.13. The normalized spacial score (nSPS) is 10.5. The Morgan fingerprint density at radius 1 is 1.31 bits per heavy atom. The van der Waals surface area contributed by atoms with Crippen molar-refractivity contribution in [2.24, 2.45) is 7.05 Å². The molecule has 8 heteroatoms. The molecule has 2 aromatic rings. The molecule has 2 heterocycles. The third-order valence-corrected chi connectivity index (χ3v) is 4.65. The van der Waals surface area contributed by atoms with Gasteiger partial charge in [0.2, 0.25) is 0 Å². The second-order valence-electron chi connectivity index (χ2n) is 5.55. The molecule has 0 saturated carbocycles. The number of carbonyl (C=O) groups is 2. The van der Waals surface area contributed by atoms with Crippen LogP contribution in [-0.2, 0) is 7.05 Å². The maximum absolute atomic E-state index is 12.6. The van der Waals surface area contributed by atoms with Gasteiger partial charge in [0.25, 0.3) is 17.4 Å². The molecule has 138 valence electrons. The van der Waals surface area contributed by atoms with Gasteiger partial charge in [0.05, 0.1) is 11.1 Å². The predicted octanol–water partition coefficient (Wildman–Crippen LogP) is 2.24. The lowest BCUT2D eigenvalue weighted by Gasteiger charge is -2.19. The van der Waals surface area contributed by atoms with Crippen LogP contribution in [0.4, 0.5) is 5.69 Å². The van der Waals surface area contributed by atoms with Crippen molar-refractivity contribution in [3.8, 4) is 0 Å². The predicted molar refractivity (Wildman–Crippen MR) is 103 cm³/mol. The van der Waals surface area contributed by atoms with Crippen molar-refractivity contribution in [2.75, 3.05) is 24.7 Å². The summed E-state index contributed by atoms with van der Waals surface area (Å²) in [7, 11) is 1.55. The van der Waals surface area contributed by atoms with Crippen molar-refractivity contribution in [3.63, 3.8) is 0 Å². The fraction of sp³-hybridized carbons (Fsp3) is 0.333. The van der Waals surface area contributed by atoms with Crippen LogP contribution in [0.5, 0.6) is 0 Å². The first-order chi connectivity index (χ1) is 12.4. The van der Waals surface area contributed by atoms with E-state index in [0.29, 0.717) is 29.2 Å². The number of aryl methyl sites for hydroxylation is 1. The van der Waals surface area contributed by atoms with E-state index in [0.717, 1.165) is 0 Å². The first kappa shape index (κ1) is 19.7. The number of nitrogens with one attached hydrogen (secondary N) is 1. The Kier molecular flexibility index (Phi) is 6.57. The molecule has 0 aliphatic heterocycles. The highest BCUT2D eigenvalue weighted by molar-refractivity contribution is 7.98. The molecule has 26 heavy (non-hydrogen) atoms. The number of hydrogen-bond acceptors (Lipinski definition) is 5. The number of thioether (sulfide) groups is 1. The summed E-state index contributed by atoms with van der Waals surface area (Å²) < 4.78 is 1.30. The van der Waals surface area contributed by atoms with Gasteiger partial charge in [-0.3, -0.25) is 14.4 Å². The monoisotopic (exact) mass is 374 g/mol. The molecular weight excluding hydrogens is 352 g/mol. The summed E-state index contributed by atoms with van der Waals surface area (Å²) in [5.41, 5.74) is 0.403. The highest BCUT2D eigenvalue weighted by Crippen LogP contribution is 2.18. The number of nitrogens with zero attached hydrogens (tertiary/aromatic N) is 3. The van der Waals surface area contributed by atoms with Crippen LogP contribution in [0.1, 0.15) is 34.6 Å². The van der Waals surface area contributed by atoms with Crippen LogP contribution in [0, 0.1) is 0 Å². The molecule has 2 amide bonds. The second kappa shape index (κ2) is 8.66. The zero-order chi connectivity index (χ0) is 19.3. The van der Waals surface area contributed by atoms with Gasteiger partial charge in [-0.15, -0.1) is 11.8 Å². The molecule has 0 atom stereocenters. The fourth-order valence-corrected chi connectivity index (χ4v) is 3.07. The van der Waals surface area contributed by atoms with E-state index in [1.807, 2.05) is 20.1 Å². The van der Waals surface area contributed by atoms with Crippen LogP contribution < -0.4 is 10.9 Å². The topological polar surface area (TPSA) is 84.3 Å². The summed E-state index contributed by atoms with van der Waals surface area (Å²) in [6, 6.07) is 4.73. The smallest absolute Gasteiger partial charge is 0.274 e. The van der Waals surface area contributed by atoms with Crippen LogP contribution in [-0.4, -0.2) is 45.6 Å². The summed E-state index contributed by atoms with van der Waals surface area (Å²) >= 11 is 1.34. The number of carbonyl (C=O) groups excluding carboxylic acids is 2. The quantitative estimate of drug-likeness (QED) is 0.784. The zero-order valence-electron chi connectivity index (χ0n) is 15.3. The molecule has 7 nitrogen and oxygen atoms in total. The molecule has 0 aliphatic carbocycles. The summed E-state index contributed by atoms with van der Waals surface area (Å²) in [6.45, 7) is 4.90. The lowest BCUT2D eigenvalue weighted by atomic mass is 10.2. The molecule has 0 spiro atoms. The van der Waals surface area contributed by atoms with Gasteiger partial charge in [0, 0.05) is 32.5 Å². The molecular formula is C18H22N4O3S. The Labute approximate surface area is 156 Å². The first-order valence-electron chi connectivity index (χ1n) is 8.23. The number of amides is 2. The number of pyridine rings is 2. The Morgan fingerprint density at radius 2 is 2.00 bits per heavy atom. The molecule has 0 unspecified atom stereocenters. The first-order valence-corrected chi connectivity index (χ1v) is 9.45. The van der Waals surface area contributed by atoms with Crippen molar-refractivity contribution >= 4 is 29.3 Å². The highest BCUT2D eigenvalue weighted by atomic mass is 32.2. The molecule has 0 aromatic carbocycles. The zero-order valence-corrected chi connectivity index (χ0v) is 16.1. The minimum atomic E-state index is -0.438. The van der Waals surface area contributed by atoms with Gasteiger partial charge in [-0.1, -0.05) is 0 Å². The number of anilines is 1. The van der Waals surface area contributed by atoms with Crippen LogP contribution in [0.2, 0.25) is 0 Å². The Morgan fingerprint density at radius 3 is 2.62 bits per heavy atom. The highest BCUT2D eigenvalue weighted by Gasteiger charge is 2.18. The maximum atomic E-state index is 12.6. The van der Waals surface area contributed by atoms with Crippen LogP contribution in [0.3, 0.4) is 0 Å². The molecule has 0 bridgehead atoms. The minimum absolute atomic E-state index is 0.0615. The summed E-state index contributed by atoms with van der Waals surface area (Å²) in [5, 5.41) is 3.18. The van der Waals surface area contributed by atoms with E-state index in [1.165, 1.54) is 28.6 Å². The molecule has 1 N–H and O–H groups in total. The number of aromatic nitrogens is 2. The van der Waals surface area contributed by atoms with Gasteiger partial charge in [0.1, 0.15) is 10.7 Å². The van der Waals surface area contributed by atoms with E-state index in [9.17, 15) is 14.4 Å². The Balaban J connectivity index is 2.39. The van der Waals surface area contributed by atoms with Crippen molar-refractivity contribution in [1.29, 1.82) is 0 Å². The van der Waals surface area contributed by atoms with E-state index < -0.39 is 5.91 Å². The number of hydrogen-bond donors (Lipinski definition) is 1. The molecule has 0 aliphatic rings. The van der Waals surface area contributed by atoms with Crippen LogP contribution in [0.15, 0.2) is 40.4 Å². The average Bonchev–Trinajstić information content (AvgIpc) is 2.65. The standard InChI is InChI=1S/C18H22N4O3S/c1-5-22(6-2)17(24)12-10-14(18(25)21(3)11-12)20-15(23)13-8-7-9-19-16(13)26-4/h7-11H,5-6H2,1-4H3,(H,20,23). The average molecular weight is 374 g/mol. The lowest BCUT2D eigenvalue weighted by molar-refractivity contribution is 0.0771. The summed E-state index contributed by atoms with van der Waals surface area (Å²) in [6.07, 6.45) is 4.91. The largest absolute Gasteiger partial charge is 0.339 e. The number of rotatable bonds is 6. The second-order valence-corrected chi connectivity index (χ2v) is 6.35. The summed E-state index contributed by atoms with van der Waals surface area (Å²) in [5.74, 6) is -0.626. The van der Waals surface area contributed by atoms with Gasteiger partial charge in [-0.2, -0.15) is 0 Å². The molecule has 0 radical (unpaired) electrons. The van der Waals surface area contributed by atoms with E-state index in [1.54, 1.807) is 30.3 Å². The Bertz CT molecular complexity index is 875. The molecule has 2 aromatic heterocycles. The van der Waals surface area contributed by atoms with E-state index >= 15 is 0 Å². The van der Waals surface area contributed by atoms with E-state index in [-0.39, 0.29) is 17.2 Å². The van der Waals surface area contributed by atoms with Crippen LogP contribution in [0.25, 0.3) is 0 Å². The van der Waals surface area contributed by atoms with E-state index in [4.69, 9.17) is 0 Å². The SMILES string of the molecule is CCN(CC)C(=O)c1cc(NC(=O)c2cccnc2SC)c(=O)n(C)c1. The van der Waals surface area contributed by atoms with Crippen molar-refractivity contribution in [3.05, 3.63) is 52.1 Å². The van der Waals surface area contributed by atoms with Crippen molar-refractivity contribution in [2.45, 2.75) is 18.9 Å². The molecule has 0 saturated heterocycles. The van der Waals surface area contributed by atoms with Crippen LogP contribution >= 0.6 is 11.8 Å². The minimum Gasteiger partial charge on any atom is -0.339 e. The Hall–Kier alpha value is -2.61. The fourth-order valence-electron chi connectivity index (χ4n) is 2.53. The van der Waals surface area contributed by atoms with Gasteiger partial charge in [-0.25, -0.2) is 4.98 Å². The van der Waals surface area contributed by atoms with Gasteiger partial charge in [-0.05, 0) is 38.3 Å². The van der Waals surface area contributed by atoms with E-state index in [2.05, 4.69) is 10.3 Å². The summed E-state index contributed by atoms with van der Waals surface area (Å²) in [4.78, 5) is 43.3. The van der Waals surface area contributed by atoms with Gasteiger partial charge in [0.15, 0.2) is 0 Å². The van der Waals surface area contributed by atoms with Gasteiger partial charge >= 0.3 is 0 Å². The molecule has 0 fully saturated rings. The molecule has 2 rings (SSSR count). The van der Waals surface area contributed by atoms with Crippen molar-refractivity contribution < 1.29 is 9.59 Å². The lowest BCUT2D eigenvalue weighted by Crippen LogP contribution is -2.32.